The minimum absolute atomic E-state index is 0.136. The zero-order valence-corrected chi connectivity index (χ0v) is 17.2. The summed E-state index contributed by atoms with van der Waals surface area (Å²) in [6.07, 6.45) is 6.33. The minimum atomic E-state index is -0.228. The monoisotopic (exact) mass is 397 g/mol. The second-order valence-corrected chi connectivity index (χ2v) is 8.13. The van der Waals surface area contributed by atoms with Gasteiger partial charge in [-0.25, -0.2) is 4.98 Å². The number of aryl methyl sites for hydroxylation is 2. The topological polar surface area (TPSA) is 64.9 Å². The molecule has 3 aromatic rings. The van der Waals surface area contributed by atoms with Gasteiger partial charge in [0.05, 0.1) is 23.7 Å². The van der Waals surface area contributed by atoms with E-state index in [4.69, 9.17) is 9.47 Å². The van der Waals surface area contributed by atoms with Gasteiger partial charge in [0.25, 0.3) is 0 Å². The molecule has 0 bridgehead atoms. The molecule has 28 heavy (non-hydrogen) atoms. The van der Waals surface area contributed by atoms with Crippen LogP contribution >= 0.6 is 11.3 Å². The van der Waals surface area contributed by atoms with Gasteiger partial charge in [0, 0.05) is 35.2 Å². The van der Waals surface area contributed by atoms with Gasteiger partial charge in [-0.15, -0.1) is 11.3 Å². The molecule has 146 valence electrons. The van der Waals surface area contributed by atoms with Gasteiger partial charge in [-0.05, 0) is 39.8 Å². The van der Waals surface area contributed by atoms with Crippen LogP contribution in [0.2, 0.25) is 0 Å². The van der Waals surface area contributed by atoms with Gasteiger partial charge in [-0.2, -0.15) is 0 Å². The van der Waals surface area contributed by atoms with E-state index in [9.17, 15) is 4.79 Å². The Morgan fingerprint density at radius 2 is 2.29 bits per heavy atom. The fraction of sp³-hybridized carbons (Fsp3) is 0.333. The van der Waals surface area contributed by atoms with E-state index >= 15 is 0 Å². The SMILES string of the molecule is CCOc1cc2c(cc1NC(=O)C=Cc1c(C)nc3sc(C)cn13)OC(C)C2. The highest BCUT2D eigenvalue weighted by molar-refractivity contribution is 7.17. The minimum Gasteiger partial charge on any atom is -0.492 e. The highest BCUT2D eigenvalue weighted by Crippen LogP contribution is 2.38. The molecule has 0 saturated heterocycles. The summed E-state index contributed by atoms with van der Waals surface area (Å²) >= 11 is 1.63. The lowest BCUT2D eigenvalue weighted by atomic mass is 10.1. The number of nitrogens with zero attached hydrogens (tertiary/aromatic N) is 2. The molecular weight excluding hydrogens is 374 g/mol. The molecule has 0 saturated carbocycles. The number of hydrogen-bond acceptors (Lipinski definition) is 5. The van der Waals surface area contributed by atoms with Gasteiger partial charge in [0.15, 0.2) is 4.96 Å². The first-order chi connectivity index (χ1) is 13.4. The number of amides is 1. The molecule has 1 aliphatic heterocycles. The average molecular weight is 398 g/mol. The number of anilines is 1. The highest BCUT2D eigenvalue weighted by Gasteiger charge is 2.22. The molecular formula is C21H23N3O3S. The maximum Gasteiger partial charge on any atom is 0.248 e. The Hall–Kier alpha value is -2.80. The quantitative estimate of drug-likeness (QED) is 0.649. The normalized spacial score (nSPS) is 15.8. The number of hydrogen-bond donors (Lipinski definition) is 1. The highest BCUT2D eigenvalue weighted by atomic mass is 32.1. The van der Waals surface area contributed by atoms with Crippen molar-refractivity contribution in [3.8, 4) is 11.5 Å². The number of aromatic nitrogens is 2. The van der Waals surface area contributed by atoms with Crippen molar-refractivity contribution in [1.29, 1.82) is 0 Å². The Morgan fingerprint density at radius 1 is 1.46 bits per heavy atom. The molecule has 1 aromatic carbocycles. The number of thiazole rings is 1. The molecule has 1 amide bonds. The van der Waals surface area contributed by atoms with Crippen LogP contribution in [-0.2, 0) is 11.2 Å². The van der Waals surface area contributed by atoms with E-state index in [1.165, 1.54) is 11.0 Å². The first kappa shape index (κ1) is 18.6. The van der Waals surface area contributed by atoms with Crippen molar-refractivity contribution in [1.82, 2.24) is 9.38 Å². The van der Waals surface area contributed by atoms with Crippen LogP contribution in [0.1, 0.15) is 35.7 Å². The molecule has 6 nitrogen and oxygen atoms in total. The summed E-state index contributed by atoms with van der Waals surface area (Å²) in [6.45, 7) is 8.47. The van der Waals surface area contributed by atoms with Crippen LogP contribution in [0, 0.1) is 13.8 Å². The first-order valence-corrected chi connectivity index (χ1v) is 10.2. The average Bonchev–Trinajstić information content (AvgIpc) is 3.24. The number of rotatable bonds is 5. The zero-order valence-electron chi connectivity index (χ0n) is 16.4. The lowest BCUT2D eigenvalue weighted by Gasteiger charge is -2.12. The zero-order chi connectivity index (χ0) is 19.8. The summed E-state index contributed by atoms with van der Waals surface area (Å²) in [5.41, 5.74) is 3.52. The maximum atomic E-state index is 12.6. The van der Waals surface area contributed by atoms with Gasteiger partial charge in [-0.1, -0.05) is 0 Å². The fourth-order valence-electron chi connectivity index (χ4n) is 3.42. The van der Waals surface area contributed by atoms with Crippen molar-refractivity contribution in [2.75, 3.05) is 11.9 Å². The van der Waals surface area contributed by atoms with E-state index in [0.717, 1.165) is 34.1 Å². The molecule has 2 aromatic heterocycles. The van der Waals surface area contributed by atoms with Gasteiger partial charge in [0.2, 0.25) is 5.91 Å². The molecule has 0 spiro atoms. The Morgan fingerprint density at radius 3 is 3.07 bits per heavy atom. The molecule has 3 heterocycles. The summed E-state index contributed by atoms with van der Waals surface area (Å²) in [5, 5.41) is 2.92. The van der Waals surface area contributed by atoms with E-state index in [0.29, 0.717) is 18.0 Å². The van der Waals surface area contributed by atoms with Gasteiger partial charge in [-0.3, -0.25) is 9.20 Å². The number of carbonyl (C=O) groups is 1. The Labute approximate surface area is 167 Å². The van der Waals surface area contributed by atoms with Crippen LogP contribution in [0.5, 0.6) is 11.5 Å². The van der Waals surface area contributed by atoms with Crippen LogP contribution in [0.25, 0.3) is 11.0 Å². The van der Waals surface area contributed by atoms with Crippen LogP contribution < -0.4 is 14.8 Å². The molecule has 1 N–H and O–H groups in total. The van der Waals surface area contributed by atoms with Crippen molar-refractivity contribution in [3.63, 3.8) is 0 Å². The molecule has 1 atom stereocenters. The lowest BCUT2D eigenvalue weighted by molar-refractivity contribution is -0.111. The number of carbonyl (C=O) groups excluding carboxylic acids is 1. The van der Waals surface area contributed by atoms with E-state index in [-0.39, 0.29) is 12.0 Å². The largest absolute Gasteiger partial charge is 0.492 e. The Bertz CT molecular complexity index is 1080. The molecule has 1 unspecified atom stereocenters. The van der Waals surface area contributed by atoms with Crippen LogP contribution in [0.4, 0.5) is 5.69 Å². The van der Waals surface area contributed by atoms with Crippen molar-refractivity contribution < 1.29 is 14.3 Å². The molecule has 0 aliphatic carbocycles. The third-order valence-corrected chi connectivity index (χ3v) is 5.51. The van der Waals surface area contributed by atoms with Crippen molar-refractivity contribution in [2.24, 2.45) is 0 Å². The Balaban J connectivity index is 1.57. The summed E-state index contributed by atoms with van der Waals surface area (Å²) in [5.74, 6) is 1.24. The number of fused-ring (bicyclic) bond motifs is 2. The maximum absolute atomic E-state index is 12.6. The summed E-state index contributed by atoms with van der Waals surface area (Å²) in [6, 6.07) is 3.81. The molecule has 0 fully saturated rings. The smallest absolute Gasteiger partial charge is 0.248 e. The predicted octanol–water partition coefficient (Wildman–Crippen LogP) is 4.39. The number of benzene rings is 1. The second kappa shape index (κ2) is 7.31. The van der Waals surface area contributed by atoms with Crippen molar-refractivity contribution >= 4 is 34.0 Å². The van der Waals surface area contributed by atoms with E-state index in [1.54, 1.807) is 17.4 Å². The first-order valence-electron chi connectivity index (χ1n) is 9.35. The molecule has 7 heteroatoms. The fourth-order valence-corrected chi connectivity index (χ4v) is 4.30. The summed E-state index contributed by atoms with van der Waals surface area (Å²) in [7, 11) is 0. The molecule has 1 aliphatic rings. The molecule has 0 radical (unpaired) electrons. The van der Waals surface area contributed by atoms with Gasteiger partial charge < -0.3 is 14.8 Å². The van der Waals surface area contributed by atoms with Crippen LogP contribution in [-0.4, -0.2) is 28.0 Å². The third-order valence-electron chi connectivity index (χ3n) is 4.61. The summed E-state index contributed by atoms with van der Waals surface area (Å²) < 4.78 is 13.5. The van der Waals surface area contributed by atoms with E-state index < -0.39 is 0 Å². The Kier molecular flexibility index (Phi) is 4.85. The van der Waals surface area contributed by atoms with Crippen molar-refractivity contribution in [2.45, 2.75) is 40.2 Å². The standard InChI is InChI=1S/C21H23N3O3S/c1-5-26-19-9-15-8-12(2)27-18(15)10-16(19)23-20(25)7-6-17-14(4)22-21-24(17)11-13(3)28-21/h6-7,9-12H,5,8H2,1-4H3,(H,23,25). The second-order valence-electron chi connectivity index (χ2n) is 6.92. The van der Waals surface area contributed by atoms with E-state index in [2.05, 4.69) is 10.3 Å². The number of imidazole rings is 1. The van der Waals surface area contributed by atoms with Gasteiger partial charge in [0.1, 0.15) is 17.6 Å². The van der Waals surface area contributed by atoms with Crippen molar-refractivity contribution in [3.05, 3.63) is 46.2 Å². The summed E-state index contributed by atoms with van der Waals surface area (Å²) in [4.78, 5) is 19.2. The van der Waals surface area contributed by atoms with Crippen LogP contribution in [0.3, 0.4) is 0 Å². The molecule has 4 rings (SSSR count). The number of ether oxygens (including phenoxy) is 2. The van der Waals surface area contributed by atoms with Gasteiger partial charge >= 0.3 is 0 Å². The predicted molar refractivity (Wildman–Crippen MR) is 112 cm³/mol. The third kappa shape index (κ3) is 3.49. The number of nitrogens with one attached hydrogen (secondary N) is 1. The van der Waals surface area contributed by atoms with Crippen LogP contribution in [0.15, 0.2) is 24.4 Å². The van der Waals surface area contributed by atoms with E-state index in [1.807, 2.05) is 50.4 Å². The lowest BCUT2D eigenvalue weighted by Crippen LogP contribution is -2.10.